The number of amides is 1. The van der Waals surface area contributed by atoms with Crippen molar-refractivity contribution in [3.05, 3.63) is 23.7 Å². The minimum atomic E-state index is -0.266. The van der Waals surface area contributed by atoms with Crippen LogP contribution >= 0.6 is 13.5 Å². The minimum absolute atomic E-state index is 0. The van der Waals surface area contributed by atoms with E-state index in [2.05, 4.69) is 31.8 Å². The summed E-state index contributed by atoms with van der Waals surface area (Å²) in [5.74, 6) is 1.36. The molecule has 1 saturated carbocycles. The van der Waals surface area contributed by atoms with Crippen LogP contribution in [0.3, 0.4) is 0 Å². The minimum Gasteiger partial charge on any atom is -0.350 e. The number of aromatic nitrogens is 4. The maximum Gasteiger partial charge on any atom is 0.247 e. The number of nitrogens with one attached hydrogen (secondary N) is 2. The van der Waals surface area contributed by atoms with Gasteiger partial charge in [0, 0.05) is 25.4 Å². The zero-order valence-electron chi connectivity index (χ0n) is 17.7. The summed E-state index contributed by atoms with van der Waals surface area (Å²) in [5, 5.41) is 19.8. The maximum atomic E-state index is 12.4. The van der Waals surface area contributed by atoms with Crippen LogP contribution in [0.5, 0.6) is 0 Å². The van der Waals surface area contributed by atoms with Gasteiger partial charge in [-0.25, -0.2) is 4.98 Å². The molecule has 4 rings (SSSR count). The average Bonchev–Trinajstić information content (AvgIpc) is 3.30. The first-order valence-corrected chi connectivity index (χ1v) is 9.91. The molecule has 0 radical (unpaired) electrons. The van der Waals surface area contributed by atoms with E-state index in [1.54, 1.807) is 6.20 Å². The van der Waals surface area contributed by atoms with Crippen molar-refractivity contribution >= 4 is 36.9 Å². The van der Waals surface area contributed by atoms with Crippen LogP contribution in [0.2, 0.25) is 0 Å². The fraction of sp³-hybridized carbons (Fsp3) is 0.550. The Labute approximate surface area is 183 Å². The molecule has 1 atom stereocenters. The van der Waals surface area contributed by atoms with Crippen LogP contribution in [0.1, 0.15) is 37.9 Å². The van der Waals surface area contributed by atoms with Crippen molar-refractivity contribution in [2.45, 2.75) is 52.7 Å². The number of carbonyl (C=O) groups is 1. The highest BCUT2D eigenvalue weighted by Crippen LogP contribution is 2.46. The molecule has 1 aliphatic carbocycles. The normalized spacial score (nSPS) is 18.9. The smallest absolute Gasteiger partial charge is 0.247 e. The standard InChI is InChI=1S/C20H26N8O.H2S/c1-12(2)16-18(29)25-15-13(3)24-19(26-17(15)27(16)4)22-7-14-8-23-28(9-14)11-20(10-21)5-6-20;/h8-9,12,16H,5-7,11H2,1-4H3,(H,25,29)(H,22,24,26);1H2/t16-;/m0./s1. The quantitative estimate of drug-likeness (QED) is 0.727. The Morgan fingerprint density at radius 1 is 1.40 bits per heavy atom. The van der Waals surface area contributed by atoms with Gasteiger partial charge in [0.15, 0.2) is 5.82 Å². The van der Waals surface area contributed by atoms with Crippen molar-refractivity contribution < 1.29 is 4.79 Å². The molecule has 1 amide bonds. The van der Waals surface area contributed by atoms with Gasteiger partial charge < -0.3 is 15.5 Å². The molecule has 1 aliphatic heterocycles. The molecule has 0 aromatic carbocycles. The SMILES string of the molecule is Cc1nc(NCc2cnn(CC3(C#N)CC3)c2)nc2c1NC(=O)[C@H](C(C)C)N2C.S. The molecule has 0 saturated heterocycles. The van der Waals surface area contributed by atoms with E-state index >= 15 is 0 Å². The molecular weight excluding hydrogens is 400 g/mol. The van der Waals surface area contributed by atoms with Crippen molar-refractivity contribution in [2.75, 3.05) is 22.6 Å². The van der Waals surface area contributed by atoms with Gasteiger partial charge in [-0.05, 0) is 25.7 Å². The summed E-state index contributed by atoms with van der Waals surface area (Å²) >= 11 is 0. The van der Waals surface area contributed by atoms with E-state index < -0.39 is 0 Å². The fourth-order valence-corrected chi connectivity index (χ4v) is 3.82. The first-order valence-electron chi connectivity index (χ1n) is 9.91. The molecule has 0 unspecified atom stereocenters. The lowest BCUT2D eigenvalue weighted by molar-refractivity contribution is -0.118. The molecule has 3 heterocycles. The Morgan fingerprint density at radius 3 is 2.77 bits per heavy atom. The van der Waals surface area contributed by atoms with E-state index in [1.165, 1.54) is 0 Å². The predicted molar refractivity (Wildman–Crippen MR) is 120 cm³/mol. The van der Waals surface area contributed by atoms with E-state index in [0.29, 0.717) is 24.7 Å². The number of fused-ring (bicyclic) bond motifs is 1. The van der Waals surface area contributed by atoms with Crippen molar-refractivity contribution in [2.24, 2.45) is 11.3 Å². The molecule has 2 aliphatic rings. The third-order valence-electron chi connectivity index (χ3n) is 5.66. The summed E-state index contributed by atoms with van der Waals surface area (Å²) in [5.41, 5.74) is 2.16. The summed E-state index contributed by atoms with van der Waals surface area (Å²) in [7, 11) is 1.89. The van der Waals surface area contributed by atoms with Crippen LogP contribution in [0.25, 0.3) is 0 Å². The molecule has 0 spiro atoms. The van der Waals surface area contributed by atoms with Gasteiger partial charge in [-0.15, -0.1) is 0 Å². The number of carbonyl (C=O) groups excluding carboxylic acids is 1. The summed E-state index contributed by atoms with van der Waals surface area (Å²) in [4.78, 5) is 23.5. The summed E-state index contributed by atoms with van der Waals surface area (Å²) in [6.07, 6.45) is 5.64. The second kappa shape index (κ2) is 8.14. The Hall–Kier alpha value is -2.80. The lowest BCUT2D eigenvalue weighted by Gasteiger charge is -2.36. The molecule has 0 bridgehead atoms. The maximum absolute atomic E-state index is 12.4. The molecular formula is C20H28N8OS. The number of anilines is 3. The van der Waals surface area contributed by atoms with E-state index in [4.69, 9.17) is 0 Å². The van der Waals surface area contributed by atoms with Crippen LogP contribution in [0.15, 0.2) is 12.4 Å². The number of nitrogens with zero attached hydrogens (tertiary/aromatic N) is 6. The molecule has 2 N–H and O–H groups in total. The number of hydrogen-bond acceptors (Lipinski definition) is 7. The lowest BCUT2D eigenvalue weighted by atomic mass is 9.99. The van der Waals surface area contributed by atoms with E-state index in [0.717, 1.165) is 29.9 Å². The van der Waals surface area contributed by atoms with Gasteiger partial charge in [-0.3, -0.25) is 9.48 Å². The topological polar surface area (TPSA) is 112 Å². The van der Waals surface area contributed by atoms with Gasteiger partial charge in [0.05, 0.1) is 29.9 Å². The van der Waals surface area contributed by atoms with Crippen LogP contribution in [0, 0.1) is 29.6 Å². The molecule has 2 aromatic heterocycles. The first kappa shape index (κ1) is 21.9. The molecule has 9 nitrogen and oxygen atoms in total. The monoisotopic (exact) mass is 428 g/mol. The highest BCUT2D eigenvalue weighted by molar-refractivity contribution is 7.59. The molecule has 1 fully saturated rings. The molecule has 160 valence electrons. The third-order valence-corrected chi connectivity index (χ3v) is 5.66. The van der Waals surface area contributed by atoms with Gasteiger partial charge >= 0.3 is 0 Å². The number of aryl methyl sites for hydroxylation is 1. The fourth-order valence-electron chi connectivity index (χ4n) is 3.82. The zero-order chi connectivity index (χ0) is 20.8. The number of nitriles is 1. The lowest BCUT2D eigenvalue weighted by Crippen LogP contribution is -2.49. The third kappa shape index (κ3) is 4.07. The van der Waals surface area contributed by atoms with Crippen LogP contribution in [-0.4, -0.2) is 38.7 Å². The molecule has 10 heteroatoms. The Bertz CT molecular complexity index is 991. The summed E-state index contributed by atoms with van der Waals surface area (Å²) in [6.45, 7) is 7.08. The van der Waals surface area contributed by atoms with Gasteiger partial charge in [0.1, 0.15) is 11.7 Å². The van der Waals surface area contributed by atoms with Gasteiger partial charge in [-0.2, -0.15) is 28.8 Å². The predicted octanol–water partition coefficient (Wildman–Crippen LogP) is 2.42. The largest absolute Gasteiger partial charge is 0.350 e. The van der Waals surface area contributed by atoms with Crippen LogP contribution in [-0.2, 0) is 17.9 Å². The van der Waals surface area contributed by atoms with Crippen LogP contribution < -0.4 is 15.5 Å². The van der Waals surface area contributed by atoms with E-state index in [1.807, 2.05) is 43.6 Å². The second-order valence-electron chi connectivity index (χ2n) is 8.41. The molecule has 2 aromatic rings. The van der Waals surface area contributed by atoms with Crippen molar-refractivity contribution in [1.29, 1.82) is 5.26 Å². The van der Waals surface area contributed by atoms with Crippen molar-refractivity contribution in [3.8, 4) is 6.07 Å². The van der Waals surface area contributed by atoms with Gasteiger partial charge in [0.2, 0.25) is 11.9 Å². The second-order valence-corrected chi connectivity index (χ2v) is 8.41. The van der Waals surface area contributed by atoms with Crippen LogP contribution in [0.4, 0.5) is 17.5 Å². The zero-order valence-corrected chi connectivity index (χ0v) is 18.7. The summed E-state index contributed by atoms with van der Waals surface area (Å²) < 4.78 is 1.84. The number of likely N-dealkylation sites (N-methyl/N-ethyl adjacent to an activating group) is 1. The number of rotatable bonds is 6. The van der Waals surface area contributed by atoms with Crippen molar-refractivity contribution in [3.63, 3.8) is 0 Å². The highest BCUT2D eigenvalue weighted by Gasteiger charge is 2.43. The van der Waals surface area contributed by atoms with E-state index in [-0.39, 0.29) is 36.8 Å². The Balaban J connectivity index is 0.00000256. The highest BCUT2D eigenvalue weighted by atomic mass is 32.1. The number of hydrogen-bond donors (Lipinski definition) is 2. The van der Waals surface area contributed by atoms with E-state index in [9.17, 15) is 10.1 Å². The van der Waals surface area contributed by atoms with Crippen molar-refractivity contribution in [1.82, 2.24) is 19.7 Å². The average molecular weight is 429 g/mol. The summed E-state index contributed by atoms with van der Waals surface area (Å²) in [6, 6.07) is 2.12. The van der Waals surface area contributed by atoms with Gasteiger partial charge in [0.25, 0.3) is 0 Å². The van der Waals surface area contributed by atoms with Gasteiger partial charge in [-0.1, -0.05) is 13.8 Å². The Kier molecular flexibility index (Phi) is 5.94. The first-order chi connectivity index (χ1) is 13.8. The molecule has 30 heavy (non-hydrogen) atoms. The Morgan fingerprint density at radius 2 is 2.13 bits per heavy atom.